The van der Waals surface area contributed by atoms with Crippen molar-refractivity contribution in [1.82, 2.24) is 5.32 Å². The average molecular weight is 299 g/mol. The van der Waals surface area contributed by atoms with Crippen molar-refractivity contribution in [3.63, 3.8) is 0 Å². The molecule has 1 aliphatic heterocycles. The van der Waals surface area contributed by atoms with Crippen LogP contribution in [-0.4, -0.2) is 25.6 Å². The molecule has 5 heteroatoms. The molecule has 1 atom stereocenters. The minimum absolute atomic E-state index is 0.415. The normalized spacial score (nSPS) is 19.2. The van der Waals surface area contributed by atoms with E-state index in [2.05, 4.69) is 21.2 Å². The third kappa shape index (κ3) is 2.98. The first kappa shape index (κ1) is 12.4. The van der Waals surface area contributed by atoms with Crippen LogP contribution in [-0.2, 0) is 0 Å². The summed E-state index contributed by atoms with van der Waals surface area (Å²) in [4.78, 5) is 11.3. The fourth-order valence-electron chi connectivity index (χ4n) is 1.93. The van der Waals surface area contributed by atoms with E-state index in [4.69, 9.17) is 10.5 Å². The Kier molecular flexibility index (Phi) is 4.02. The van der Waals surface area contributed by atoms with Gasteiger partial charge in [-0.3, -0.25) is 4.79 Å². The van der Waals surface area contributed by atoms with Gasteiger partial charge in [0.25, 0.3) is 5.91 Å². The van der Waals surface area contributed by atoms with E-state index in [9.17, 15) is 4.79 Å². The molecule has 0 bridgehead atoms. The molecule has 1 heterocycles. The summed E-state index contributed by atoms with van der Waals surface area (Å²) in [6, 6.07) is 5.38. The van der Waals surface area contributed by atoms with Gasteiger partial charge in [0.15, 0.2) is 0 Å². The number of carbonyl (C=O) groups is 1. The van der Waals surface area contributed by atoms with Gasteiger partial charge in [-0.25, -0.2) is 0 Å². The second-order valence-corrected chi connectivity index (χ2v) is 5.00. The summed E-state index contributed by atoms with van der Waals surface area (Å²) in [5.74, 6) is 0.588. The van der Waals surface area contributed by atoms with Crippen LogP contribution in [0.4, 0.5) is 0 Å². The number of benzene rings is 1. The fourth-order valence-corrected chi connectivity index (χ4v) is 2.47. The summed E-state index contributed by atoms with van der Waals surface area (Å²) in [5, 5.41) is 3.28. The first-order valence-corrected chi connectivity index (χ1v) is 6.39. The number of rotatable bonds is 4. The summed E-state index contributed by atoms with van der Waals surface area (Å²) in [5.41, 5.74) is 5.75. The van der Waals surface area contributed by atoms with Gasteiger partial charge in [0.05, 0.1) is 12.2 Å². The molecular formula is C12H15BrN2O2. The van der Waals surface area contributed by atoms with Crippen LogP contribution in [0, 0.1) is 5.92 Å². The third-order valence-corrected chi connectivity index (χ3v) is 3.52. The maximum atomic E-state index is 11.3. The molecule has 17 heavy (non-hydrogen) atoms. The zero-order valence-corrected chi connectivity index (χ0v) is 11.0. The van der Waals surface area contributed by atoms with Gasteiger partial charge in [-0.1, -0.05) is 6.07 Å². The Bertz CT molecular complexity index is 417. The number of nitrogens with one attached hydrogen (secondary N) is 1. The molecule has 0 radical (unpaired) electrons. The fraction of sp³-hybridized carbons (Fsp3) is 0.417. The molecule has 0 aromatic heterocycles. The van der Waals surface area contributed by atoms with Crippen LogP contribution in [0.15, 0.2) is 22.7 Å². The van der Waals surface area contributed by atoms with Gasteiger partial charge in [-0.15, -0.1) is 0 Å². The van der Waals surface area contributed by atoms with Crippen LogP contribution in [0.2, 0.25) is 0 Å². The first-order valence-electron chi connectivity index (χ1n) is 5.60. The van der Waals surface area contributed by atoms with Crippen molar-refractivity contribution in [2.24, 2.45) is 11.7 Å². The standard InChI is InChI=1S/C12H15BrN2O2/c13-9-2-1-3-10(11(9)12(14)16)17-7-8-4-5-15-6-8/h1-3,8,15H,4-7H2,(H2,14,16). The lowest BCUT2D eigenvalue weighted by atomic mass is 10.1. The number of hydrogen-bond acceptors (Lipinski definition) is 3. The predicted molar refractivity (Wildman–Crippen MR) is 69.1 cm³/mol. The lowest BCUT2D eigenvalue weighted by molar-refractivity contribution is 0.0994. The molecule has 92 valence electrons. The van der Waals surface area contributed by atoms with E-state index in [-0.39, 0.29) is 0 Å². The third-order valence-electron chi connectivity index (χ3n) is 2.86. The molecule has 0 saturated carbocycles. The second-order valence-electron chi connectivity index (χ2n) is 4.15. The second kappa shape index (κ2) is 5.51. The van der Waals surface area contributed by atoms with E-state index in [1.54, 1.807) is 12.1 Å². The molecule has 2 rings (SSSR count). The van der Waals surface area contributed by atoms with E-state index in [0.717, 1.165) is 19.5 Å². The van der Waals surface area contributed by atoms with E-state index < -0.39 is 5.91 Å². The van der Waals surface area contributed by atoms with Crippen molar-refractivity contribution in [1.29, 1.82) is 0 Å². The Hall–Kier alpha value is -1.07. The molecule has 3 N–H and O–H groups in total. The van der Waals surface area contributed by atoms with Crippen molar-refractivity contribution < 1.29 is 9.53 Å². The molecule has 1 unspecified atom stereocenters. The van der Waals surface area contributed by atoms with Gasteiger partial charge in [0.2, 0.25) is 0 Å². The van der Waals surface area contributed by atoms with Crippen molar-refractivity contribution in [2.45, 2.75) is 6.42 Å². The summed E-state index contributed by atoms with van der Waals surface area (Å²) in [7, 11) is 0. The van der Waals surface area contributed by atoms with Gasteiger partial charge in [-0.2, -0.15) is 0 Å². The lowest BCUT2D eigenvalue weighted by Gasteiger charge is -2.13. The van der Waals surface area contributed by atoms with Gasteiger partial charge in [0, 0.05) is 16.9 Å². The zero-order chi connectivity index (χ0) is 12.3. The summed E-state index contributed by atoms with van der Waals surface area (Å²) >= 11 is 3.31. The predicted octanol–water partition coefficient (Wildman–Crippen LogP) is 1.54. The maximum absolute atomic E-state index is 11.3. The first-order chi connectivity index (χ1) is 8.18. The molecule has 0 aliphatic carbocycles. The topological polar surface area (TPSA) is 64.4 Å². The minimum Gasteiger partial charge on any atom is -0.492 e. The number of halogens is 1. The molecule has 1 aliphatic rings. The van der Waals surface area contributed by atoms with Crippen molar-refractivity contribution in [3.05, 3.63) is 28.2 Å². The number of hydrogen-bond donors (Lipinski definition) is 2. The van der Waals surface area contributed by atoms with E-state index in [0.29, 0.717) is 28.3 Å². The van der Waals surface area contributed by atoms with Crippen molar-refractivity contribution in [2.75, 3.05) is 19.7 Å². The molecule has 1 saturated heterocycles. The largest absolute Gasteiger partial charge is 0.492 e. The van der Waals surface area contributed by atoms with Crippen molar-refractivity contribution in [3.8, 4) is 5.75 Å². The highest BCUT2D eigenvalue weighted by Crippen LogP contribution is 2.27. The van der Waals surface area contributed by atoms with Gasteiger partial charge in [0.1, 0.15) is 5.75 Å². The smallest absolute Gasteiger partial charge is 0.253 e. The van der Waals surface area contributed by atoms with E-state index in [1.807, 2.05) is 6.07 Å². The minimum atomic E-state index is -0.475. The lowest BCUT2D eigenvalue weighted by Crippen LogP contribution is -2.18. The number of nitrogens with two attached hydrogens (primary N) is 1. The van der Waals surface area contributed by atoms with Crippen LogP contribution >= 0.6 is 15.9 Å². The highest BCUT2D eigenvalue weighted by atomic mass is 79.9. The summed E-state index contributed by atoms with van der Waals surface area (Å²) < 4.78 is 6.37. The Morgan fingerprint density at radius 2 is 2.41 bits per heavy atom. The van der Waals surface area contributed by atoms with Gasteiger partial charge < -0.3 is 15.8 Å². The summed E-state index contributed by atoms with van der Waals surface area (Å²) in [6.45, 7) is 2.62. The van der Waals surface area contributed by atoms with E-state index in [1.165, 1.54) is 0 Å². The number of carbonyl (C=O) groups excluding carboxylic acids is 1. The molecule has 4 nitrogen and oxygen atoms in total. The quantitative estimate of drug-likeness (QED) is 0.886. The number of ether oxygens (including phenoxy) is 1. The van der Waals surface area contributed by atoms with E-state index >= 15 is 0 Å². The average Bonchev–Trinajstić information content (AvgIpc) is 2.78. The van der Waals surface area contributed by atoms with Crippen LogP contribution < -0.4 is 15.8 Å². The van der Waals surface area contributed by atoms with Gasteiger partial charge in [-0.05, 0) is 41.0 Å². The molecule has 1 aromatic carbocycles. The SMILES string of the molecule is NC(=O)c1c(Br)cccc1OCC1CCNC1. The maximum Gasteiger partial charge on any atom is 0.253 e. The summed E-state index contributed by atoms with van der Waals surface area (Å²) in [6.07, 6.45) is 1.11. The molecule has 0 spiro atoms. The Morgan fingerprint density at radius 1 is 1.59 bits per heavy atom. The zero-order valence-electron chi connectivity index (χ0n) is 9.41. The highest BCUT2D eigenvalue weighted by molar-refractivity contribution is 9.10. The number of primary amides is 1. The van der Waals surface area contributed by atoms with Crippen LogP contribution in [0.25, 0.3) is 0 Å². The monoisotopic (exact) mass is 298 g/mol. The molecule has 1 aromatic rings. The molecule has 1 amide bonds. The van der Waals surface area contributed by atoms with Gasteiger partial charge >= 0.3 is 0 Å². The Labute approximate surface area is 109 Å². The molecule has 1 fully saturated rings. The van der Waals surface area contributed by atoms with Crippen LogP contribution in [0.3, 0.4) is 0 Å². The Balaban J connectivity index is 2.09. The highest BCUT2D eigenvalue weighted by Gasteiger charge is 2.18. The number of amides is 1. The Morgan fingerprint density at radius 3 is 3.06 bits per heavy atom. The molecular weight excluding hydrogens is 284 g/mol. The van der Waals surface area contributed by atoms with Crippen molar-refractivity contribution >= 4 is 21.8 Å². The van der Waals surface area contributed by atoms with Crippen LogP contribution in [0.1, 0.15) is 16.8 Å². The van der Waals surface area contributed by atoms with Crippen LogP contribution in [0.5, 0.6) is 5.75 Å².